The molecule has 0 spiro atoms. The molecule has 0 aromatic carbocycles. The van der Waals surface area contributed by atoms with Gasteiger partial charge in [0.05, 0.1) is 11.6 Å². The van der Waals surface area contributed by atoms with E-state index >= 15 is 0 Å². The van der Waals surface area contributed by atoms with Crippen LogP contribution in [0.1, 0.15) is 32.5 Å². The molecular formula is C14H19N7. The molecule has 0 radical (unpaired) electrons. The van der Waals surface area contributed by atoms with Crippen molar-refractivity contribution in [3.8, 4) is 5.82 Å². The average Bonchev–Trinajstić information content (AvgIpc) is 3.13. The second kappa shape index (κ2) is 5.90. The number of imidazole rings is 1. The van der Waals surface area contributed by atoms with Gasteiger partial charge < -0.3 is 5.32 Å². The van der Waals surface area contributed by atoms with Crippen molar-refractivity contribution in [1.82, 2.24) is 29.7 Å². The zero-order valence-electron chi connectivity index (χ0n) is 12.3. The van der Waals surface area contributed by atoms with E-state index in [0.717, 1.165) is 48.5 Å². The highest BCUT2D eigenvalue weighted by molar-refractivity contribution is 5.82. The second-order valence-corrected chi connectivity index (χ2v) is 4.89. The van der Waals surface area contributed by atoms with Gasteiger partial charge in [-0.15, -0.1) is 0 Å². The Kier molecular flexibility index (Phi) is 3.81. The lowest BCUT2D eigenvalue weighted by Crippen LogP contribution is -2.09. The van der Waals surface area contributed by atoms with Crippen LogP contribution in [0.4, 0.5) is 5.95 Å². The molecule has 3 heterocycles. The average molecular weight is 285 g/mol. The highest BCUT2D eigenvalue weighted by Crippen LogP contribution is 2.20. The van der Waals surface area contributed by atoms with Crippen molar-refractivity contribution < 1.29 is 0 Å². The van der Waals surface area contributed by atoms with E-state index in [4.69, 9.17) is 0 Å². The predicted octanol–water partition coefficient (Wildman–Crippen LogP) is 2.31. The molecule has 0 fully saturated rings. The molecule has 7 heteroatoms. The number of anilines is 1. The van der Waals surface area contributed by atoms with Crippen molar-refractivity contribution in [3.05, 3.63) is 24.4 Å². The molecule has 110 valence electrons. The van der Waals surface area contributed by atoms with Crippen LogP contribution >= 0.6 is 0 Å². The normalized spacial score (nSPS) is 11.1. The first kappa shape index (κ1) is 13.5. The number of aromatic nitrogens is 6. The first-order valence-corrected chi connectivity index (χ1v) is 7.31. The van der Waals surface area contributed by atoms with Crippen molar-refractivity contribution in [2.24, 2.45) is 0 Å². The molecule has 3 aromatic rings. The lowest BCUT2D eigenvalue weighted by Gasteiger charge is -2.10. The molecular weight excluding hydrogens is 266 g/mol. The fourth-order valence-corrected chi connectivity index (χ4v) is 2.25. The van der Waals surface area contributed by atoms with Gasteiger partial charge >= 0.3 is 0 Å². The lowest BCUT2D eigenvalue weighted by molar-refractivity contribution is 0.800. The monoisotopic (exact) mass is 285 g/mol. The minimum atomic E-state index is 0.611. The standard InChI is InChI=1S/C14H19N7/c1-3-5-11-15-7-8-21(11)13-10-9-17-20-12(10)18-14(19-13)16-6-4-2/h7-9H,3-6H2,1-2H3,(H2,16,17,18,19,20). The Morgan fingerprint density at radius 3 is 2.95 bits per heavy atom. The Labute approximate surface area is 122 Å². The Morgan fingerprint density at radius 2 is 2.14 bits per heavy atom. The van der Waals surface area contributed by atoms with Crippen LogP contribution in [0.2, 0.25) is 0 Å². The molecule has 3 aromatic heterocycles. The maximum Gasteiger partial charge on any atom is 0.226 e. The summed E-state index contributed by atoms with van der Waals surface area (Å²) in [4.78, 5) is 13.5. The first-order chi connectivity index (χ1) is 10.3. The lowest BCUT2D eigenvalue weighted by atomic mass is 10.3. The van der Waals surface area contributed by atoms with Crippen LogP contribution in [-0.2, 0) is 6.42 Å². The highest BCUT2D eigenvalue weighted by Gasteiger charge is 2.13. The van der Waals surface area contributed by atoms with Gasteiger partial charge in [0.25, 0.3) is 0 Å². The zero-order valence-corrected chi connectivity index (χ0v) is 12.3. The highest BCUT2D eigenvalue weighted by atomic mass is 15.2. The third-order valence-electron chi connectivity index (χ3n) is 3.24. The van der Waals surface area contributed by atoms with E-state index in [1.807, 2.05) is 10.8 Å². The third kappa shape index (κ3) is 2.58. The van der Waals surface area contributed by atoms with Crippen LogP contribution in [0.5, 0.6) is 0 Å². The van der Waals surface area contributed by atoms with Crippen molar-refractivity contribution in [1.29, 1.82) is 0 Å². The minimum absolute atomic E-state index is 0.611. The molecule has 21 heavy (non-hydrogen) atoms. The van der Waals surface area contributed by atoms with Crippen LogP contribution in [0.25, 0.3) is 16.9 Å². The van der Waals surface area contributed by atoms with Crippen LogP contribution in [0, 0.1) is 0 Å². The Bertz CT molecular complexity index is 728. The molecule has 3 rings (SSSR count). The van der Waals surface area contributed by atoms with E-state index in [0.29, 0.717) is 5.95 Å². The number of rotatable bonds is 6. The van der Waals surface area contributed by atoms with Crippen LogP contribution in [0.3, 0.4) is 0 Å². The van der Waals surface area contributed by atoms with Gasteiger partial charge in [-0.3, -0.25) is 9.67 Å². The summed E-state index contributed by atoms with van der Waals surface area (Å²) in [6.07, 6.45) is 8.46. The molecule has 0 amide bonds. The van der Waals surface area contributed by atoms with Crippen molar-refractivity contribution in [2.75, 3.05) is 11.9 Å². The predicted molar refractivity (Wildman–Crippen MR) is 81.6 cm³/mol. The number of H-pyrrole nitrogens is 1. The molecule has 7 nitrogen and oxygen atoms in total. The molecule has 2 N–H and O–H groups in total. The number of nitrogens with one attached hydrogen (secondary N) is 2. The number of nitrogens with zero attached hydrogens (tertiary/aromatic N) is 5. The summed E-state index contributed by atoms with van der Waals surface area (Å²) in [5, 5.41) is 11.1. The van der Waals surface area contributed by atoms with E-state index in [2.05, 4.69) is 44.3 Å². The van der Waals surface area contributed by atoms with Crippen LogP contribution in [0.15, 0.2) is 18.6 Å². The summed E-state index contributed by atoms with van der Waals surface area (Å²) in [7, 11) is 0. The smallest absolute Gasteiger partial charge is 0.226 e. The summed E-state index contributed by atoms with van der Waals surface area (Å²) in [6, 6.07) is 0. The van der Waals surface area contributed by atoms with Gasteiger partial charge in [0.1, 0.15) is 5.82 Å². The number of hydrogen-bond acceptors (Lipinski definition) is 5. The van der Waals surface area contributed by atoms with Gasteiger partial charge in [0, 0.05) is 25.4 Å². The van der Waals surface area contributed by atoms with Gasteiger partial charge in [-0.25, -0.2) is 4.98 Å². The van der Waals surface area contributed by atoms with Crippen molar-refractivity contribution in [3.63, 3.8) is 0 Å². The molecule has 0 atom stereocenters. The molecule has 0 saturated heterocycles. The van der Waals surface area contributed by atoms with Gasteiger partial charge in [-0.2, -0.15) is 15.1 Å². The van der Waals surface area contributed by atoms with Crippen LogP contribution < -0.4 is 5.32 Å². The van der Waals surface area contributed by atoms with E-state index in [9.17, 15) is 0 Å². The maximum absolute atomic E-state index is 4.64. The Morgan fingerprint density at radius 1 is 1.24 bits per heavy atom. The first-order valence-electron chi connectivity index (χ1n) is 7.31. The van der Waals surface area contributed by atoms with Gasteiger partial charge in [0.15, 0.2) is 11.5 Å². The van der Waals surface area contributed by atoms with E-state index in [1.165, 1.54) is 0 Å². The number of aryl methyl sites for hydroxylation is 1. The summed E-state index contributed by atoms with van der Waals surface area (Å²) in [5.41, 5.74) is 0.731. The van der Waals surface area contributed by atoms with E-state index in [-0.39, 0.29) is 0 Å². The quantitative estimate of drug-likeness (QED) is 0.726. The third-order valence-corrected chi connectivity index (χ3v) is 3.24. The molecule has 0 saturated carbocycles. The molecule has 0 aliphatic heterocycles. The molecule has 0 aliphatic rings. The zero-order chi connectivity index (χ0) is 14.7. The second-order valence-electron chi connectivity index (χ2n) is 4.89. The summed E-state index contributed by atoms with van der Waals surface area (Å²) < 4.78 is 2.01. The topological polar surface area (TPSA) is 84.3 Å². The van der Waals surface area contributed by atoms with E-state index in [1.54, 1.807) is 12.4 Å². The van der Waals surface area contributed by atoms with Gasteiger partial charge in [0.2, 0.25) is 5.95 Å². The summed E-state index contributed by atoms with van der Waals surface area (Å²) >= 11 is 0. The van der Waals surface area contributed by atoms with E-state index < -0.39 is 0 Å². The molecule has 0 bridgehead atoms. The van der Waals surface area contributed by atoms with Gasteiger partial charge in [-0.1, -0.05) is 13.8 Å². The number of fused-ring (bicyclic) bond motifs is 1. The summed E-state index contributed by atoms with van der Waals surface area (Å²) in [6.45, 7) is 5.09. The van der Waals surface area contributed by atoms with Crippen molar-refractivity contribution >= 4 is 17.0 Å². The molecule has 0 aliphatic carbocycles. The molecule has 0 unspecified atom stereocenters. The fraction of sp³-hybridized carbons (Fsp3) is 0.429. The van der Waals surface area contributed by atoms with Crippen molar-refractivity contribution in [2.45, 2.75) is 33.1 Å². The largest absolute Gasteiger partial charge is 0.354 e. The fourth-order valence-electron chi connectivity index (χ4n) is 2.25. The minimum Gasteiger partial charge on any atom is -0.354 e. The number of hydrogen-bond donors (Lipinski definition) is 2. The maximum atomic E-state index is 4.64. The summed E-state index contributed by atoms with van der Waals surface area (Å²) in [5.74, 6) is 2.42. The van der Waals surface area contributed by atoms with Gasteiger partial charge in [-0.05, 0) is 12.8 Å². The SMILES string of the molecule is CCCNc1nc(-n2ccnc2CCC)c2cn[nH]c2n1. The Hall–Kier alpha value is -2.44. The Balaban J connectivity index is 2.10. The van der Waals surface area contributed by atoms with Crippen LogP contribution in [-0.4, -0.2) is 36.3 Å². The number of aromatic amines is 1.